The Morgan fingerprint density at radius 2 is 1.89 bits per heavy atom. The van der Waals surface area contributed by atoms with Crippen molar-refractivity contribution in [1.82, 2.24) is 10.6 Å². The number of hydrogen-bond donors (Lipinski definition) is 2. The van der Waals surface area contributed by atoms with Gasteiger partial charge in [0.15, 0.2) is 0 Å². The number of halogens is 1. The molecule has 1 rings (SSSR count). The molecule has 0 saturated heterocycles. The van der Waals surface area contributed by atoms with E-state index in [-0.39, 0.29) is 0 Å². The summed E-state index contributed by atoms with van der Waals surface area (Å²) in [4.78, 5) is 0. The smallest absolute Gasteiger partial charge is 0.0409 e. The normalized spacial score (nSPS) is 13.0. The Labute approximate surface area is 116 Å². The average Bonchev–Trinajstić information content (AvgIpc) is 2.30. The topological polar surface area (TPSA) is 24.1 Å². The van der Waals surface area contributed by atoms with Gasteiger partial charge in [-0.3, -0.25) is 0 Å². The molecule has 0 amide bonds. The molecule has 1 unspecified atom stereocenters. The van der Waals surface area contributed by atoms with Crippen molar-refractivity contribution >= 4 is 11.6 Å². The first kappa shape index (κ1) is 15.5. The minimum absolute atomic E-state index is 0.460. The summed E-state index contributed by atoms with van der Waals surface area (Å²) in [6, 6.07) is 6.51. The fourth-order valence-electron chi connectivity index (χ4n) is 1.78. The second-order valence-electron chi connectivity index (χ2n) is 5.40. The molecule has 0 spiro atoms. The highest BCUT2D eigenvalue weighted by Crippen LogP contribution is 2.15. The molecule has 0 fully saturated rings. The van der Waals surface area contributed by atoms with E-state index in [1.54, 1.807) is 0 Å². The van der Waals surface area contributed by atoms with Crippen LogP contribution in [-0.4, -0.2) is 19.1 Å². The fraction of sp³-hybridized carbons (Fsp3) is 0.600. The lowest BCUT2D eigenvalue weighted by Crippen LogP contribution is -2.37. The molecule has 1 aromatic carbocycles. The predicted molar refractivity (Wildman–Crippen MR) is 80.2 cm³/mol. The molecular weight excluding hydrogens is 244 g/mol. The molecule has 0 saturated carbocycles. The molecule has 102 valence electrons. The summed E-state index contributed by atoms with van der Waals surface area (Å²) in [6.07, 6.45) is 0. The van der Waals surface area contributed by atoms with Gasteiger partial charge in [0, 0.05) is 24.2 Å². The minimum Gasteiger partial charge on any atom is -0.315 e. The first-order chi connectivity index (χ1) is 8.49. The van der Waals surface area contributed by atoms with Gasteiger partial charge in [0.05, 0.1) is 0 Å². The van der Waals surface area contributed by atoms with Gasteiger partial charge in [0.2, 0.25) is 0 Å². The lowest BCUT2D eigenvalue weighted by atomic mass is 10.1. The van der Waals surface area contributed by atoms with E-state index in [4.69, 9.17) is 11.6 Å². The van der Waals surface area contributed by atoms with Gasteiger partial charge in [-0.15, -0.1) is 0 Å². The molecule has 1 atom stereocenters. The van der Waals surface area contributed by atoms with Crippen LogP contribution in [0, 0.1) is 12.8 Å². The Hall–Kier alpha value is -0.570. The number of aryl methyl sites for hydroxylation is 1. The van der Waals surface area contributed by atoms with Crippen LogP contribution in [-0.2, 0) is 6.54 Å². The largest absolute Gasteiger partial charge is 0.315 e. The van der Waals surface area contributed by atoms with Gasteiger partial charge < -0.3 is 10.6 Å². The summed E-state index contributed by atoms with van der Waals surface area (Å²) in [5, 5.41) is 7.79. The van der Waals surface area contributed by atoms with Crippen molar-refractivity contribution in [2.45, 2.75) is 40.3 Å². The highest BCUT2D eigenvalue weighted by molar-refractivity contribution is 6.30. The van der Waals surface area contributed by atoms with Crippen LogP contribution in [0.4, 0.5) is 0 Å². The third kappa shape index (κ3) is 5.85. The lowest BCUT2D eigenvalue weighted by molar-refractivity contribution is 0.472. The van der Waals surface area contributed by atoms with Crippen molar-refractivity contribution in [2.75, 3.05) is 13.1 Å². The molecule has 0 aliphatic heterocycles. The van der Waals surface area contributed by atoms with Crippen LogP contribution in [0.1, 0.15) is 31.9 Å². The van der Waals surface area contributed by atoms with Crippen molar-refractivity contribution in [3.05, 3.63) is 34.3 Å². The maximum Gasteiger partial charge on any atom is 0.0409 e. The highest BCUT2D eigenvalue weighted by Gasteiger charge is 2.04. The Morgan fingerprint density at radius 3 is 2.56 bits per heavy atom. The molecule has 0 aliphatic rings. The number of nitrogens with one attached hydrogen (secondary N) is 2. The quantitative estimate of drug-likeness (QED) is 0.792. The van der Waals surface area contributed by atoms with Crippen molar-refractivity contribution in [1.29, 1.82) is 0 Å². The average molecular weight is 269 g/mol. The standard InChI is InChI=1S/C15H25ClN2/c1-11(2)8-17-9-13(4)18-10-14-7-15(16)6-5-12(14)3/h5-7,11,13,17-18H,8-10H2,1-4H3. The van der Waals surface area contributed by atoms with Crippen LogP contribution in [0.5, 0.6) is 0 Å². The van der Waals surface area contributed by atoms with E-state index in [2.05, 4.69) is 44.4 Å². The Kier molecular flexibility index (Phi) is 6.69. The van der Waals surface area contributed by atoms with Crippen molar-refractivity contribution in [3.8, 4) is 0 Å². The first-order valence-electron chi connectivity index (χ1n) is 6.68. The summed E-state index contributed by atoms with van der Waals surface area (Å²) in [5.41, 5.74) is 2.56. The predicted octanol–water partition coefficient (Wildman–Crippen LogP) is 3.37. The molecule has 0 bridgehead atoms. The van der Waals surface area contributed by atoms with E-state index in [1.165, 1.54) is 11.1 Å². The number of benzene rings is 1. The second-order valence-corrected chi connectivity index (χ2v) is 5.84. The molecule has 1 aromatic rings. The van der Waals surface area contributed by atoms with E-state index in [0.29, 0.717) is 12.0 Å². The van der Waals surface area contributed by atoms with Gasteiger partial charge in [0.1, 0.15) is 0 Å². The molecule has 18 heavy (non-hydrogen) atoms. The maximum atomic E-state index is 6.01. The van der Waals surface area contributed by atoms with Crippen LogP contribution >= 0.6 is 11.6 Å². The van der Waals surface area contributed by atoms with Gasteiger partial charge in [-0.05, 0) is 49.6 Å². The zero-order chi connectivity index (χ0) is 13.5. The van der Waals surface area contributed by atoms with Gasteiger partial charge in [0.25, 0.3) is 0 Å². The molecule has 0 aliphatic carbocycles. The molecular formula is C15H25ClN2. The summed E-state index contributed by atoms with van der Waals surface area (Å²) in [5.74, 6) is 0.701. The summed E-state index contributed by atoms with van der Waals surface area (Å²) < 4.78 is 0. The fourth-order valence-corrected chi connectivity index (χ4v) is 1.97. The van der Waals surface area contributed by atoms with Crippen molar-refractivity contribution in [3.63, 3.8) is 0 Å². The SMILES string of the molecule is Cc1ccc(Cl)cc1CNC(C)CNCC(C)C. The van der Waals surface area contributed by atoms with Crippen LogP contribution in [0.15, 0.2) is 18.2 Å². The summed E-state index contributed by atoms with van der Waals surface area (Å²) in [6.45, 7) is 11.7. The third-order valence-electron chi connectivity index (χ3n) is 2.96. The summed E-state index contributed by atoms with van der Waals surface area (Å²) in [7, 11) is 0. The Balaban J connectivity index is 2.33. The highest BCUT2D eigenvalue weighted by atomic mass is 35.5. The lowest BCUT2D eigenvalue weighted by Gasteiger charge is -2.16. The summed E-state index contributed by atoms with van der Waals surface area (Å²) >= 11 is 6.01. The van der Waals surface area contributed by atoms with Gasteiger partial charge >= 0.3 is 0 Å². The maximum absolute atomic E-state index is 6.01. The number of rotatable bonds is 7. The Bertz CT molecular complexity index is 364. The number of hydrogen-bond acceptors (Lipinski definition) is 2. The third-order valence-corrected chi connectivity index (χ3v) is 3.19. The molecule has 3 heteroatoms. The zero-order valence-corrected chi connectivity index (χ0v) is 12.6. The van der Waals surface area contributed by atoms with Crippen LogP contribution < -0.4 is 10.6 Å². The molecule has 2 nitrogen and oxygen atoms in total. The minimum atomic E-state index is 0.460. The van der Waals surface area contributed by atoms with E-state index in [9.17, 15) is 0 Å². The Morgan fingerprint density at radius 1 is 1.17 bits per heavy atom. The second kappa shape index (κ2) is 7.78. The zero-order valence-electron chi connectivity index (χ0n) is 11.9. The molecule has 0 aromatic heterocycles. The monoisotopic (exact) mass is 268 g/mol. The van der Waals surface area contributed by atoms with Crippen LogP contribution in [0.3, 0.4) is 0 Å². The van der Waals surface area contributed by atoms with E-state index in [1.807, 2.05) is 12.1 Å². The molecule has 0 heterocycles. The molecule has 2 N–H and O–H groups in total. The van der Waals surface area contributed by atoms with E-state index in [0.717, 1.165) is 24.7 Å². The van der Waals surface area contributed by atoms with Crippen molar-refractivity contribution < 1.29 is 0 Å². The molecule has 0 radical (unpaired) electrons. The van der Waals surface area contributed by atoms with Gasteiger partial charge in [-0.1, -0.05) is 31.5 Å². The first-order valence-corrected chi connectivity index (χ1v) is 7.06. The van der Waals surface area contributed by atoms with E-state index >= 15 is 0 Å². The van der Waals surface area contributed by atoms with Gasteiger partial charge in [-0.2, -0.15) is 0 Å². The van der Waals surface area contributed by atoms with Crippen LogP contribution in [0.25, 0.3) is 0 Å². The van der Waals surface area contributed by atoms with Crippen LogP contribution in [0.2, 0.25) is 5.02 Å². The van der Waals surface area contributed by atoms with E-state index < -0.39 is 0 Å². The van der Waals surface area contributed by atoms with Crippen molar-refractivity contribution in [2.24, 2.45) is 5.92 Å². The van der Waals surface area contributed by atoms with Gasteiger partial charge in [-0.25, -0.2) is 0 Å².